The first kappa shape index (κ1) is 15.2. The second-order valence-corrected chi connectivity index (χ2v) is 5.48. The summed E-state index contributed by atoms with van der Waals surface area (Å²) in [4.78, 5) is 0. The fourth-order valence-electron chi connectivity index (χ4n) is 2.02. The van der Waals surface area contributed by atoms with E-state index in [-0.39, 0.29) is 6.04 Å². The highest BCUT2D eigenvalue weighted by Gasteiger charge is 2.08. The van der Waals surface area contributed by atoms with Crippen molar-refractivity contribution in [3.8, 4) is 5.75 Å². The molecular weight excluding hydrogens is 293 g/mol. The van der Waals surface area contributed by atoms with Crippen molar-refractivity contribution in [1.82, 2.24) is 5.32 Å². The van der Waals surface area contributed by atoms with E-state index in [0.29, 0.717) is 11.6 Å². The molecule has 0 saturated heterocycles. The molecule has 0 spiro atoms. The van der Waals surface area contributed by atoms with E-state index in [1.807, 2.05) is 42.5 Å². The van der Waals surface area contributed by atoms with Crippen LogP contribution in [0.25, 0.3) is 0 Å². The molecule has 0 aromatic heterocycles. The molecule has 1 N–H and O–H groups in total. The van der Waals surface area contributed by atoms with E-state index in [1.165, 1.54) is 5.56 Å². The van der Waals surface area contributed by atoms with E-state index in [9.17, 15) is 0 Å². The van der Waals surface area contributed by atoms with Gasteiger partial charge in [0.05, 0.1) is 7.11 Å². The summed E-state index contributed by atoms with van der Waals surface area (Å²) >= 11 is 11.9. The molecule has 2 nitrogen and oxygen atoms in total. The van der Waals surface area contributed by atoms with Crippen molar-refractivity contribution in [1.29, 1.82) is 0 Å². The molecule has 2 aromatic rings. The highest BCUT2D eigenvalue weighted by molar-refractivity contribution is 6.30. The van der Waals surface area contributed by atoms with E-state index in [1.54, 1.807) is 7.11 Å². The van der Waals surface area contributed by atoms with Gasteiger partial charge < -0.3 is 10.1 Å². The number of hydrogen-bond acceptors (Lipinski definition) is 2. The van der Waals surface area contributed by atoms with Crippen LogP contribution >= 0.6 is 23.2 Å². The maximum Gasteiger partial charge on any atom is 0.123 e. The first-order valence-corrected chi connectivity index (χ1v) is 7.17. The van der Waals surface area contributed by atoms with E-state index < -0.39 is 0 Å². The van der Waals surface area contributed by atoms with Crippen molar-refractivity contribution < 1.29 is 4.74 Å². The molecule has 4 heteroatoms. The van der Waals surface area contributed by atoms with Gasteiger partial charge >= 0.3 is 0 Å². The van der Waals surface area contributed by atoms with E-state index in [0.717, 1.165) is 16.3 Å². The summed E-state index contributed by atoms with van der Waals surface area (Å²) in [5.74, 6) is 0.838. The highest BCUT2D eigenvalue weighted by atomic mass is 35.5. The van der Waals surface area contributed by atoms with Crippen LogP contribution in [0.15, 0.2) is 42.5 Å². The molecule has 0 aliphatic heterocycles. The van der Waals surface area contributed by atoms with Crippen LogP contribution in [-0.4, -0.2) is 7.11 Å². The van der Waals surface area contributed by atoms with Gasteiger partial charge in [-0.15, -0.1) is 0 Å². The summed E-state index contributed by atoms with van der Waals surface area (Å²) < 4.78 is 5.34. The Balaban J connectivity index is 2.04. The minimum Gasteiger partial charge on any atom is -0.496 e. The largest absolute Gasteiger partial charge is 0.496 e. The van der Waals surface area contributed by atoms with Crippen LogP contribution in [0.1, 0.15) is 24.1 Å². The Labute approximate surface area is 129 Å². The Morgan fingerprint density at radius 2 is 1.70 bits per heavy atom. The summed E-state index contributed by atoms with van der Waals surface area (Å²) in [6, 6.07) is 13.7. The van der Waals surface area contributed by atoms with Crippen molar-refractivity contribution in [2.45, 2.75) is 19.5 Å². The molecule has 0 bridgehead atoms. The van der Waals surface area contributed by atoms with Crippen molar-refractivity contribution in [2.24, 2.45) is 0 Å². The van der Waals surface area contributed by atoms with Gasteiger partial charge in [-0.2, -0.15) is 0 Å². The van der Waals surface area contributed by atoms with Gasteiger partial charge in [-0.3, -0.25) is 0 Å². The molecule has 0 unspecified atom stereocenters. The fourth-order valence-corrected chi connectivity index (χ4v) is 2.34. The third kappa shape index (κ3) is 3.89. The zero-order chi connectivity index (χ0) is 14.5. The van der Waals surface area contributed by atoms with Gasteiger partial charge in [0.15, 0.2) is 0 Å². The summed E-state index contributed by atoms with van der Waals surface area (Å²) in [5.41, 5.74) is 2.23. The van der Waals surface area contributed by atoms with Crippen LogP contribution in [0.5, 0.6) is 5.75 Å². The fraction of sp³-hybridized carbons (Fsp3) is 0.250. The number of ether oxygens (including phenoxy) is 1. The Kier molecular flexibility index (Phi) is 5.30. The lowest BCUT2D eigenvalue weighted by Crippen LogP contribution is -2.18. The lowest BCUT2D eigenvalue weighted by Gasteiger charge is -2.16. The Morgan fingerprint density at radius 3 is 2.35 bits per heavy atom. The molecule has 20 heavy (non-hydrogen) atoms. The van der Waals surface area contributed by atoms with Gasteiger partial charge in [-0.05, 0) is 42.8 Å². The van der Waals surface area contributed by atoms with Gasteiger partial charge in [0.1, 0.15) is 5.75 Å². The minimum atomic E-state index is 0.218. The highest BCUT2D eigenvalue weighted by Crippen LogP contribution is 2.23. The molecule has 2 aromatic carbocycles. The molecule has 106 valence electrons. The molecule has 0 saturated carbocycles. The molecule has 0 radical (unpaired) electrons. The van der Waals surface area contributed by atoms with Gasteiger partial charge in [0.2, 0.25) is 0 Å². The van der Waals surface area contributed by atoms with E-state index in [2.05, 4.69) is 12.2 Å². The zero-order valence-corrected chi connectivity index (χ0v) is 13.0. The van der Waals surface area contributed by atoms with Gasteiger partial charge in [0, 0.05) is 28.2 Å². The Morgan fingerprint density at radius 1 is 1.05 bits per heavy atom. The lowest BCUT2D eigenvalue weighted by atomic mass is 10.1. The molecule has 0 fully saturated rings. The number of halogens is 2. The second-order valence-electron chi connectivity index (χ2n) is 4.61. The minimum absolute atomic E-state index is 0.218. The Bertz CT molecular complexity index is 569. The number of hydrogen-bond donors (Lipinski definition) is 1. The van der Waals surface area contributed by atoms with E-state index in [4.69, 9.17) is 27.9 Å². The zero-order valence-electron chi connectivity index (χ0n) is 11.5. The summed E-state index contributed by atoms with van der Waals surface area (Å²) in [6.07, 6.45) is 0. The first-order valence-electron chi connectivity index (χ1n) is 6.41. The third-order valence-electron chi connectivity index (χ3n) is 3.21. The number of methoxy groups -OCH3 is 1. The third-order valence-corrected chi connectivity index (χ3v) is 3.70. The quantitative estimate of drug-likeness (QED) is 0.852. The predicted octanol–water partition coefficient (Wildman–Crippen LogP) is 4.85. The summed E-state index contributed by atoms with van der Waals surface area (Å²) in [5, 5.41) is 4.91. The monoisotopic (exact) mass is 309 g/mol. The van der Waals surface area contributed by atoms with Crippen molar-refractivity contribution >= 4 is 23.2 Å². The molecular formula is C16H17Cl2NO. The van der Waals surface area contributed by atoms with Crippen LogP contribution in [0, 0.1) is 0 Å². The average Bonchev–Trinajstić information content (AvgIpc) is 2.45. The number of nitrogens with one attached hydrogen (secondary N) is 1. The predicted molar refractivity (Wildman–Crippen MR) is 84.7 cm³/mol. The Hall–Kier alpha value is -1.22. The van der Waals surface area contributed by atoms with Crippen LogP contribution in [0.3, 0.4) is 0 Å². The van der Waals surface area contributed by atoms with Crippen molar-refractivity contribution in [2.75, 3.05) is 7.11 Å². The van der Waals surface area contributed by atoms with Gasteiger partial charge in [-0.1, -0.05) is 35.3 Å². The molecule has 0 heterocycles. The summed E-state index contributed by atoms with van der Waals surface area (Å²) in [7, 11) is 1.66. The molecule has 2 rings (SSSR count). The van der Waals surface area contributed by atoms with Crippen LogP contribution in [0.4, 0.5) is 0 Å². The van der Waals surface area contributed by atoms with Crippen molar-refractivity contribution in [3.63, 3.8) is 0 Å². The summed E-state index contributed by atoms with van der Waals surface area (Å²) in [6.45, 7) is 2.80. The van der Waals surface area contributed by atoms with E-state index >= 15 is 0 Å². The maximum absolute atomic E-state index is 6.03. The smallest absolute Gasteiger partial charge is 0.123 e. The SMILES string of the molecule is COc1ccc(Cl)cc1CN[C@@H](C)c1ccc(Cl)cc1. The molecule has 0 amide bonds. The number of rotatable bonds is 5. The van der Waals surface area contributed by atoms with Crippen LogP contribution in [-0.2, 0) is 6.54 Å². The van der Waals surface area contributed by atoms with Gasteiger partial charge in [-0.25, -0.2) is 0 Å². The second kappa shape index (κ2) is 6.98. The average molecular weight is 310 g/mol. The molecule has 0 aliphatic rings. The van der Waals surface area contributed by atoms with Crippen LogP contribution < -0.4 is 10.1 Å². The standard InChI is InChI=1S/C16H17Cl2NO/c1-11(12-3-5-14(17)6-4-12)19-10-13-9-15(18)7-8-16(13)20-2/h3-9,11,19H,10H2,1-2H3/t11-/m0/s1. The first-order chi connectivity index (χ1) is 9.60. The molecule has 1 atom stereocenters. The topological polar surface area (TPSA) is 21.3 Å². The maximum atomic E-state index is 6.03. The lowest BCUT2D eigenvalue weighted by molar-refractivity contribution is 0.406. The van der Waals surface area contributed by atoms with Crippen molar-refractivity contribution in [3.05, 3.63) is 63.6 Å². The van der Waals surface area contributed by atoms with Gasteiger partial charge in [0.25, 0.3) is 0 Å². The normalized spacial score (nSPS) is 12.2. The number of benzene rings is 2. The van der Waals surface area contributed by atoms with Crippen LogP contribution in [0.2, 0.25) is 10.0 Å². The molecule has 0 aliphatic carbocycles.